The van der Waals surface area contributed by atoms with Crippen molar-refractivity contribution in [1.29, 1.82) is 0 Å². The average Bonchev–Trinajstić information content (AvgIpc) is 2.72. The summed E-state index contributed by atoms with van der Waals surface area (Å²) in [6, 6.07) is 2.03. The topological polar surface area (TPSA) is 42.4 Å². The molecule has 1 aromatic heterocycles. The zero-order valence-corrected chi connectivity index (χ0v) is 8.17. The molecule has 3 nitrogen and oxygen atoms in total. The van der Waals surface area contributed by atoms with Crippen molar-refractivity contribution in [2.75, 3.05) is 13.2 Å². The number of ether oxygens (including phenoxy) is 1. The first-order chi connectivity index (χ1) is 6.36. The van der Waals surface area contributed by atoms with Crippen molar-refractivity contribution in [2.45, 2.75) is 18.9 Å². The Bertz CT molecular complexity index is 250. The Morgan fingerprint density at radius 2 is 2.54 bits per heavy atom. The Balaban J connectivity index is 1.79. The van der Waals surface area contributed by atoms with Gasteiger partial charge < -0.3 is 9.84 Å². The van der Waals surface area contributed by atoms with E-state index in [0.717, 1.165) is 12.8 Å². The van der Waals surface area contributed by atoms with Crippen LogP contribution in [0.3, 0.4) is 0 Å². The fraction of sp³-hybridized carbons (Fsp3) is 0.667. The fourth-order valence-electron chi connectivity index (χ4n) is 1.56. The summed E-state index contributed by atoms with van der Waals surface area (Å²) < 4.78 is 9.21. The maximum atomic E-state index is 9.48. The summed E-state index contributed by atoms with van der Waals surface area (Å²) >= 11 is 1.54. The highest BCUT2D eigenvalue weighted by Gasteiger charge is 2.25. The molecule has 2 atom stereocenters. The van der Waals surface area contributed by atoms with E-state index in [0.29, 0.717) is 19.1 Å². The molecule has 0 radical (unpaired) electrons. The zero-order valence-electron chi connectivity index (χ0n) is 7.35. The minimum absolute atomic E-state index is 0.257. The van der Waals surface area contributed by atoms with Crippen LogP contribution < -0.4 is 0 Å². The molecule has 0 aliphatic carbocycles. The summed E-state index contributed by atoms with van der Waals surface area (Å²) in [6.07, 6.45) is 3.58. The highest BCUT2D eigenvalue weighted by atomic mass is 32.1. The number of hydrogen-bond acceptors (Lipinski definition) is 4. The lowest BCUT2D eigenvalue weighted by Crippen LogP contribution is -2.18. The molecule has 1 aliphatic heterocycles. The maximum absolute atomic E-state index is 9.48. The van der Waals surface area contributed by atoms with Gasteiger partial charge in [-0.15, -0.1) is 0 Å². The largest absolute Gasteiger partial charge is 0.390 e. The van der Waals surface area contributed by atoms with Gasteiger partial charge in [0.25, 0.3) is 0 Å². The lowest BCUT2D eigenvalue weighted by atomic mass is 10.00. The van der Waals surface area contributed by atoms with Gasteiger partial charge in [0, 0.05) is 17.0 Å². The van der Waals surface area contributed by atoms with Crippen molar-refractivity contribution in [3.8, 4) is 0 Å². The minimum Gasteiger partial charge on any atom is -0.390 e. The van der Waals surface area contributed by atoms with Crippen LogP contribution in [0.25, 0.3) is 0 Å². The second kappa shape index (κ2) is 4.17. The van der Waals surface area contributed by atoms with Crippen LogP contribution in [-0.2, 0) is 11.2 Å². The van der Waals surface area contributed by atoms with Gasteiger partial charge in [0.05, 0.1) is 19.3 Å². The Morgan fingerprint density at radius 1 is 1.62 bits per heavy atom. The molecule has 2 rings (SSSR count). The second-order valence-corrected chi connectivity index (χ2v) is 4.30. The molecule has 0 aromatic carbocycles. The molecule has 1 fully saturated rings. The van der Waals surface area contributed by atoms with Crippen LogP contribution in [-0.4, -0.2) is 28.8 Å². The van der Waals surface area contributed by atoms with Crippen LogP contribution in [0.15, 0.2) is 12.3 Å². The van der Waals surface area contributed by atoms with E-state index in [1.165, 1.54) is 16.4 Å². The number of aryl methyl sites for hydroxylation is 1. The summed E-state index contributed by atoms with van der Waals surface area (Å²) in [5.74, 6) is 0.321. The molecule has 1 saturated heterocycles. The molecular weight excluding hydrogens is 186 g/mol. The van der Waals surface area contributed by atoms with E-state index in [2.05, 4.69) is 4.37 Å². The SMILES string of the molecule is O[C@@H]1COC[C@H]1CCc1ccns1. The van der Waals surface area contributed by atoms with Gasteiger partial charge >= 0.3 is 0 Å². The molecule has 1 aliphatic rings. The minimum atomic E-state index is -0.257. The van der Waals surface area contributed by atoms with E-state index < -0.39 is 0 Å². The lowest BCUT2D eigenvalue weighted by Gasteiger charge is -2.10. The van der Waals surface area contributed by atoms with Crippen molar-refractivity contribution < 1.29 is 9.84 Å². The van der Waals surface area contributed by atoms with Gasteiger partial charge in [-0.05, 0) is 30.4 Å². The van der Waals surface area contributed by atoms with E-state index in [1.807, 2.05) is 12.3 Å². The molecule has 1 aromatic rings. The van der Waals surface area contributed by atoms with Crippen LogP contribution in [0.4, 0.5) is 0 Å². The smallest absolute Gasteiger partial charge is 0.0823 e. The van der Waals surface area contributed by atoms with Gasteiger partial charge in [-0.1, -0.05) is 0 Å². The van der Waals surface area contributed by atoms with Crippen LogP contribution in [0.1, 0.15) is 11.3 Å². The van der Waals surface area contributed by atoms with E-state index in [9.17, 15) is 5.11 Å². The van der Waals surface area contributed by atoms with E-state index in [-0.39, 0.29) is 6.10 Å². The summed E-state index contributed by atoms with van der Waals surface area (Å²) in [5, 5.41) is 9.48. The number of aliphatic hydroxyl groups is 1. The van der Waals surface area contributed by atoms with Gasteiger partial charge in [0.1, 0.15) is 0 Å². The van der Waals surface area contributed by atoms with Crippen LogP contribution in [0, 0.1) is 5.92 Å². The molecule has 1 N–H and O–H groups in total. The monoisotopic (exact) mass is 199 g/mol. The summed E-state index contributed by atoms with van der Waals surface area (Å²) in [5.41, 5.74) is 0. The summed E-state index contributed by atoms with van der Waals surface area (Å²) in [7, 11) is 0. The average molecular weight is 199 g/mol. The number of aliphatic hydroxyl groups excluding tert-OH is 1. The van der Waals surface area contributed by atoms with Gasteiger partial charge in [0.15, 0.2) is 0 Å². The first-order valence-electron chi connectivity index (χ1n) is 4.51. The van der Waals surface area contributed by atoms with Gasteiger partial charge in [-0.3, -0.25) is 0 Å². The third-order valence-corrected chi connectivity index (χ3v) is 3.22. The van der Waals surface area contributed by atoms with Gasteiger partial charge in [0.2, 0.25) is 0 Å². The van der Waals surface area contributed by atoms with Crippen molar-refractivity contribution in [2.24, 2.45) is 5.92 Å². The molecule has 0 bridgehead atoms. The Labute approximate surface area is 81.5 Å². The van der Waals surface area contributed by atoms with Crippen molar-refractivity contribution in [3.63, 3.8) is 0 Å². The third-order valence-electron chi connectivity index (χ3n) is 2.42. The predicted octanol–water partition coefficient (Wildman–Crippen LogP) is 1.08. The molecule has 4 heteroatoms. The van der Waals surface area contributed by atoms with Gasteiger partial charge in [-0.2, -0.15) is 0 Å². The molecule has 0 amide bonds. The van der Waals surface area contributed by atoms with Crippen LogP contribution in [0.2, 0.25) is 0 Å². The van der Waals surface area contributed by atoms with E-state index in [1.54, 1.807) is 0 Å². The molecule has 0 saturated carbocycles. The summed E-state index contributed by atoms with van der Waals surface area (Å²) in [6.45, 7) is 1.22. The number of aromatic nitrogens is 1. The standard InChI is InChI=1S/C9H13NO2S/c11-9-6-12-5-7(9)1-2-8-3-4-10-13-8/h3-4,7,9,11H,1-2,5-6H2/t7-,9-/m1/s1. The summed E-state index contributed by atoms with van der Waals surface area (Å²) in [4.78, 5) is 1.29. The van der Waals surface area contributed by atoms with Crippen LogP contribution >= 0.6 is 11.5 Å². The molecule has 0 spiro atoms. The highest BCUT2D eigenvalue weighted by molar-refractivity contribution is 7.05. The Hall–Kier alpha value is -0.450. The number of nitrogens with zero attached hydrogens (tertiary/aromatic N) is 1. The Morgan fingerprint density at radius 3 is 3.15 bits per heavy atom. The molecule has 72 valence electrons. The first kappa shape index (κ1) is 9.12. The third kappa shape index (κ3) is 2.27. The first-order valence-corrected chi connectivity index (χ1v) is 5.29. The van der Waals surface area contributed by atoms with Crippen molar-refractivity contribution in [1.82, 2.24) is 4.37 Å². The molecule has 2 heterocycles. The second-order valence-electron chi connectivity index (χ2n) is 3.38. The zero-order chi connectivity index (χ0) is 9.10. The van der Waals surface area contributed by atoms with E-state index in [4.69, 9.17) is 4.74 Å². The normalized spacial score (nSPS) is 28.1. The fourth-order valence-corrected chi connectivity index (χ4v) is 2.15. The van der Waals surface area contributed by atoms with Gasteiger partial charge in [-0.25, -0.2) is 4.37 Å². The van der Waals surface area contributed by atoms with Crippen LogP contribution in [0.5, 0.6) is 0 Å². The highest BCUT2D eigenvalue weighted by Crippen LogP contribution is 2.20. The molecule has 0 unspecified atom stereocenters. The Kier molecular flexibility index (Phi) is 2.93. The molecule has 13 heavy (non-hydrogen) atoms. The van der Waals surface area contributed by atoms with Crippen molar-refractivity contribution >= 4 is 11.5 Å². The quantitative estimate of drug-likeness (QED) is 0.792. The number of rotatable bonds is 3. The van der Waals surface area contributed by atoms with Crippen molar-refractivity contribution in [3.05, 3.63) is 17.1 Å². The lowest BCUT2D eigenvalue weighted by molar-refractivity contribution is 0.117. The number of hydrogen-bond donors (Lipinski definition) is 1. The van der Waals surface area contributed by atoms with E-state index >= 15 is 0 Å². The maximum Gasteiger partial charge on any atom is 0.0823 e. The molecular formula is C9H13NO2S. The predicted molar refractivity (Wildman–Crippen MR) is 50.8 cm³/mol.